The fourth-order valence-corrected chi connectivity index (χ4v) is 5.65. The van der Waals surface area contributed by atoms with Gasteiger partial charge in [0.1, 0.15) is 31.0 Å². The number of benzene rings is 1. The maximum absolute atomic E-state index is 13.5. The van der Waals surface area contributed by atoms with Gasteiger partial charge in [-0.05, 0) is 65.3 Å². The molecular formula is C28H32N2O8. The number of hydrogen-bond acceptors (Lipinski definition) is 8. The van der Waals surface area contributed by atoms with Gasteiger partial charge in [0.05, 0.1) is 11.3 Å². The number of aryl methyl sites for hydroxylation is 2. The number of anilines is 1. The fourth-order valence-electron chi connectivity index (χ4n) is 5.65. The molecule has 2 amide bonds. The van der Waals surface area contributed by atoms with Crippen LogP contribution in [-0.4, -0.2) is 65.9 Å². The summed E-state index contributed by atoms with van der Waals surface area (Å²) in [6.45, 7) is 11.0. The van der Waals surface area contributed by atoms with E-state index in [1.807, 2.05) is 45.9 Å². The van der Waals surface area contributed by atoms with E-state index in [9.17, 15) is 9.59 Å². The van der Waals surface area contributed by atoms with Crippen molar-refractivity contribution < 1.29 is 38.0 Å². The number of carbonyl (C=O) groups is 2. The second-order valence-corrected chi connectivity index (χ2v) is 11.0. The van der Waals surface area contributed by atoms with Crippen molar-refractivity contribution >= 4 is 29.3 Å². The number of hydrogen-bond donors (Lipinski definition) is 1. The van der Waals surface area contributed by atoms with Crippen molar-refractivity contribution in [1.29, 1.82) is 0 Å². The first-order chi connectivity index (χ1) is 17.9. The Hall–Kier alpha value is -3.02. The normalized spacial score (nSPS) is 31.8. The zero-order chi connectivity index (χ0) is 27.0. The molecule has 0 bridgehead atoms. The van der Waals surface area contributed by atoms with E-state index in [4.69, 9.17) is 28.4 Å². The third-order valence-corrected chi connectivity index (χ3v) is 7.15. The average Bonchev–Trinajstić information content (AvgIpc) is 3.52. The quantitative estimate of drug-likeness (QED) is 0.599. The van der Waals surface area contributed by atoms with Crippen LogP contribution >= 0.6 is 0 Å². The van der Waals surface area contributed by atoms with Crippen molar-refractivity contribution in [3.8, 4) is 0 Å². The van der Waals surface area contributed by atoms with Crippen LogP contribution in [0.15, 0.2) is 30.3 Å². The highest BCUT2D eigenvalue weighted by Gasteiger charge is 2.61. The van der Waals surface area contributed by atoms with Crippen LogP contribution < -0.4 is 4.90 Å². The number of para-hydroxylation sites is 1. The van der Waals surface area contributed by atoms with Gasteiger partial charge in [-0.2, -0.15) is 0 Å². The summed E-state index contributed by atoms with van der Waals surface area (Å²) in [6, 6.07) is 9.15. The fraction of sp³-hybridized carbons (Fsp3) is 0.500. The summed E-state index contributed by atoms with van der Waals surface area (Å²) in [4.78, 5) is 31.2. The number of imide groups is 1. The minimum atomic E-state index is -0.871. The maximum atomic E-state index is 13.5. The predicted molar refractivity (Wildman–Crippen MR) is 136 cm³/mol. The number of aromatic amines is 1. The summed E-state index contributed by atoms with van der Waals surface area (Å²) >= 11 is 0. The van der Waals surface area contributed by atoms with E-state index in [-0.39, 0.29) is 6.61 Å². The summed E-state index contributed by atoms with van der Waals surface area (Å²) in [5, 5.41) is 0. The highest BCUT2D eigenvalue weighted by molar-refractivity contribution is 6.41. The zero-order valence-electron chi connectivity index (χ0n) is 22.3. The van der Waals surface area contributed by atoms with Crippen molar-refractivity contribution in [2.75, 3.05) is 11.5 Å². The second kappa shape index (κ2) is 8.75. The van der Waals surface area contributed by atoms with Crippen molar-refractivity contribution in [2.24, 2.45) is 0 Å². The van der Waals surface area contributed by atoms with E-state index in [2.05, 4.69) is 4.98 Å². The van der Waals surface area contributed by atoms with Crippen molar-refractivity contribution in [1.82, 2.24) is 4.98 Å². The largest absolute Gasteiger partial charge is 0.446 e. The lowest BCUT2D eigenvalue weighted by Crippen LogP contribution is -2.56. The van der Waals surface area contributed by atoms with Crippen LogP contribution in [0.25, 0.3) is 11.6 Å². The topological polar surface area (TPSA) is 109 Å². The molecule has 4 aliphatic heterocycles. The number of carbonyl (C=O) groups excluding carboxylic acids is 2. The number of aromatic nitrogens is 1. The summed E-state index contributed by atoms with van der Waals surface area (Å²) in [5.41, 5.74) is 4.34. The molecule has 10 heteroatoms. The highest BCUT2D eigenvalue weighted by atomic mass is 16.9. The number of amides is 2. The zero-order valence-corrected chi connectivity index (χ0v) is 22.3. The molecule has 5 heterocycles. The van der Waals surface area contributed by atoms with Gasteiger partial charge in [-0.1, -0.05) is 18.2 Å². The molecule has 2 aromatic rings. The van der Waals surface area contributed by atoms with Crippen molar-refractivity contribution in [3.05, 3.63) is 52.8 Å². The average molecular weight is 525 g/mol. The first-order valence-corrected chi connectivity index (χ1v) is 12.8. The van der Waals surface area contributed by atoms with Gasteiger partial charge in [0.2, 0.25) is 0 Å². The van der Waals surface area contributed by atoms with E-state index in [0.29, 0.717) is 16.8 Å². The molecule has 1 aromatic carbocycles. The lowest BCUT2D eigenvalue weighted by atomic mass is 9.99. The standard InChI is InChI=1S/C28H32N2O8/c1-14-11-15(2)29-18(14)12-17-16-9-7-8-10-19(16)30(24(17)31)26(32)33-13-20-21-22(36-27(3,4)35-21)23-25(34-20)38-28(5,6)37-23/h7-12,20-23,25,29H,13H2,1-6H3/b17-12-/t20?,21-,22-,23+,25+/m0/s1. The molecule has 202 valence electrons. The molecule has 0 spiro atoms. The molecule has 1 unspecified atom stereocenters. The summed E-state index contributed by atoms with van der Waals surface area (Å²) in [7, 11) is 0. The lowest BCUT2D eigenvalue weighted by molar-refractivity contribution is -0.239. The Labute approximate surface area is 220 Å². The molecule has 3 fully saturated rings. The van der Waals surface area contributed by atoms with Crippen LogP contribution in [0.2, 0.25) is 0 Å². The monoisotopic (exact) mass is 524 g/mol. The molecule has 4 aliphatic rings. The Bertz CT molecular complexity index is 1330. The van der Waals surface area contributed by atoms with Crippen molar-refractivity contribution in [2.45, 2.75) is 83.8 Å². The molecular weight excluding hydrogens is 492 g/mol. The first-order valence-electron chi connectivity index (χ1n) is 12.8. The molecule has 6 rings (SSSR count). The van der Waals surface area contributed by atoms with Gasteiger partial charge in [0.25, 0.3) is 5.91 Å². The van der Waals surface area contributed by atoms with E-state index in [1.54, 1.807) is 32.1 Å². The van der Waals surface area contributed by atoms with Crippen molar-refractivity contribution in [3.63, 3.8) is 0 Å². The minimum absolute atomic E-state index is 0.160. The summed E-state index contributed by atoms with van der Waals surface area (Å²) in [5.74, 6) is -2.18. The van der Waals surface area contributed by atoms with E-state index in [0.717, 1.165) is 21.9 Å². The number of nitrogens with zero attached hydrogens (tertiary/aromatic N) is 1. The Morgan fingerprint density at radius 2 is 1.71 bits per heavy atom. The molecule has 0 radical (unpaired) electrons. The highest BCUT2D eigenvalue weighted by Crippen LogP contribution is 2.44. The molecule has 5 atom stereocenters. The molecule has 1 aromatic heterocycles. The van der Waals surface area contributed by atoms with Gasteiger partial charge in [-0.15, -0.1) is 0 Å². The molecule has 3 saturated heterocycles. The molecule has 38 heavy (non-hydrogen) atoms. The third-order valence-electron chi connectivity index (χ3n) is 7.15. The third kappa shape index (κ3) is 4.26. The van der Waals surface area contributed by atoms with Gasteiger partial charge in [-0.3, -0.25) is 4.79 Å². The number of fused-ring (bicyclic) bond motifs is 4. The number of nitrogens with one attached hydrogen (secondary N) is 1. The van der Waals surface area contributed by atoms with Crippen LogP contribution in [0.1, 0.15) is 50.2 Å². The number of rotatable bonds is 3. The predicted octanol–water partition coefficient (Wildman–Crippen LogP) is 4.05. The van der Waals surface area contributed by atoms with Crippen LogP contribution in [0.3, 0.4) is 0 Å². The Kier molecular flexibility index (Phi) is 5.82. The maximum Gasteiger partial charge on any atom is 0.421 e. The smallest absolute Gasteiger partial charge is 0.421 e. The number of H-pyrrole nitrogens is 1. The van der Waals surface area contributed by atoms with Crippen LogP contribution in [-0.2, 0) is 33.2 Å². The molecule has 0 aliphatic carbocycles. The van der Waals surface area contributed by atoms with Gasteiger partial charge >= 0.3 is 6.09 Å². The van der Waals surface area contributed by atoms with Gasteiger partial charge in [0, 0.05) is 17.0 Å². The molecule has 0 saturated carbocycles. The summed E-state index contributed by atoms with van der Waals surface area (Å²) < 4.78 is 36.0. The first kappa shape index (κ1) is 25.3. The van der Waals surface area contributed by atoms with Gasteiger partial charge in [-0.25, -0.2) is 9.69 Å². The Morgan fingerprint density at radius 1 is 1.03 bits per heavy atom. The van der Waals surface area contributed by atoms with Gasteiger partial charge < -0.3 is 33.4 Å². The molecule has 1 N–H and O–H groups in total. The SMILES string of the molecule is Cc1cc(C)c(/C=C2\C(=O)N(C(=O)OCC3O[C@@H]4OC(C)(C)O[C@@H]4[C@H]4OC(C)(C)O[C@@H]34)c3ccccc32)[nH]1. The lowest BCUT2D eigenvalue weighted by Gasteiger charge is -2.37. The van der Waals surface area contributed by atoms with Crippen LogP contribution in [0.4, 0.5) is 10.5 Å². The second-order valence-electron chi connectivity index (χ2n) is 11.0. The minimum Gasteiger partial charge on any atom is -0.446 e. The number of ether oxygens (including phenoxy) is 6. The van der Waals surface area contributed by atoms with E-state index < -0.39 is 54.3 Å². The molecule has 10 nitrogen and oxygen atoms in total. The van der Waals surface area contributed by atoms with Crippen LogP contribution in [0.5, 0.6) is 0 Å². The van der Waals surface area contributed by atoms with E-state index >= 15 is 0 Å². The van der Waals surface area contributed by atoms with Crippen LogP contribution in [0, 0.1) is 13.8 Å². The van der Waals surface area contributed by atoms with E-state index in [1.165, 1.54) is 0 Å². The Morgan fingerprint density at radius 3 is 2.45 bits per heavy atom. The summed E-state index contributed by atoms with van der Waals surface area (Å²) in [6.07, 6.45) is -1.91. The van der Waals surface area contributed by atoms with Gasteiger partial charge in [0.15, 0.2) is 17.9 Å². The Balaban J connectivity index is 1.22.